The van der Waals surface area contributed by atoms with Gasteiger partial charge in [0.15, 0.2) is 11.4 Å². The molecule has 0 aliphatic rings. The van der Waals surface area contributed by atoms with Gasteiger partial charge in [-0.3, -0.25) is 10.00 Å². The third kappa shape index (κ3) is 4.08. The van der Waals surface area contributed by atoms with Gasteiger partial charge in [0.2, 0.25) is 0 Å². The van der Waals surface area contributed by atoms with E-state index in [-0.39, 0.29) is 16.8 Å². The number of hydrogen-bond donors (Lipinski definition) is 1. The van der Waals surface area contributed by atoms with Crippen LogP contribution in [0.4, 0.5) is 28.0 Å². The molecule has 140 valence electrons. The number of nitrogens with zero attached hydrogens (tertiary/aromatic N) is 2. The Bertz CT molecular complexity index is 988. The topological polar surface area (TPSA) is 56.1 Å². The number of aryl methyl sites for hydroxylation is 1. The van der Waals surface area contributed by atoms with Crippen molar-refractivity contribution in [3.63, 3.8) is 0 Å². The Morgan fingerprint density at radius 2 is 1.89 bits per heavy atom. The Hall–Kier alpha value is -3.36. The van der Waals surface area contributed by atoms with Crippen LogP contribution in [0.2, 0.25) is 0 Å². The Balaban J connectivity index is 1.87. The van der Waals surface area contributed by atoms with Gasteiger partial charge in [0.1, 0.15) is 11.6 Å². The van der Waals surface area contributed by atoms with Gasteiger partial charge in [0.05, 0.1) is 11.9 Å². The van der Waals surface area contributed by atoms with Crippen molar-refractivity contribution in [2.45, 2.75) is 6.43 Å². The third-order valence-electron chi connectivity index (χ3n) is 3.61. The van der Waals surface area contributed by atoms with Crippen molar-refractivity contribution in [1.82, 2.24) is 9.78 Å². The molecule has 1 N–H and O–H groups in total. The molecular weight excluding hydrogens is 366 g/mol. The van der Waals surface area contributed by atoms with E-state index in [1.807, 2.05) is 0 Å². The molecule has 0 saturated carbocycles. The lowest BCUT2D eigenvalue weighted by molar-refractivity contribution is 0.141. The molecule has 1 aromatic heterocycles. The largest absolute Gasteiger partial charge is 0.417 e. The Morgan fingerprint density at radius 1 is 1.15 bits per heavy atom. The van der Waals surface area contributed by atoms with Crippen molar-refractivity contribution in [1.29, 1.82) is 0 Å². The van der Waals surface area contributed by atoms with Crippen LogP contribution in [0.3, 0.4) is 0 Å². The summed E-state index contributed by atoms with van der Waals surface area (Å²) in [5, 5.41) is 5.87. The van der Waals surface area contributed by atoms with Crippen LogP contribution in [0.25, 0.3) is 11.1 Å². The van der Waals surface area contributed by atoms with Gasteiger partial charge >= 0.3 is 6.09 Å². The Kier molecular flexibility index (Phi) is 5.11. The fraction of sp³-hybridized carbons (Fsp3) is 0.111. The molecule has 0 bridgehead atoms. The summed E-state index contributed by atoms with van der Waals surface area (Å²) in [7, 11) is 1.40. The highest BCUT2D eigenvalue weighted by atomic mass is 19.3. The normalized spacial score (nSPS) is 10.9. The van der Waals surface area contributed by atoms with Crippen molar-refractivity contribution in [3.05, 3.63) is 66.0 Å². The molecule has 0 aliphatic carbocycles. The first-order valence-electron chi connectivity index (χ1n) is 7.70. The van der Waals surface area contributed by atoms with E-state index in [2.05, 4.69) is 10.4 Å². The molecule has 0 spiro atoms. The highest BCUT2D eigenvalue weighted by molar-refractivity contribution is 5.92. The van der Waals surface area contributed by atoms with E-state index in [0.717, 1.165) is 29.1 Å². The average molecular weight is 379 g/mol. The summed E-state index contributed by atoms with van der Waals surface area (Å²) in [4.78, 5) is 12.1. The number of alkyl halides is 2. The maximum atomic E-state index is 14.1. The molecule has 0 unspecified atom stereocenters. The minimum atomic E-state index is -2.93. The lowest BCUT2D eigenvalue weighted by Gasteiger charge is -2.12. The molecule has 0 aliphatic heterocycles. The number of carbonyl (C=O) groups is 1. The van der Waals surface area contributed by atoms with Crippen molar-refractivity contribution in [2.75, 3.05) is 5.32 Å². The number of nitrogens with one attached hydrogen (secondary N) is 1. The van der Waals surface area contributed by atoms with E-state index >= 15 is 0 Å². The van der Waals surface area contributed by atoms with Crippen LogP contribution in [-0.4, -0.2) is 15.9 Å². The molecule has 0 fully saturated rings. The Morgan fingerprint density at radius 3 is 2.63 bits per heavy atom. The van der Waals surface area contributed by atoms with Crippen LogP contribution in [-0.2, 0) is 7.05 Å². The van der Waals surface area contributed by atoms with Gasteiger partial charge in [-0.25, -0.2) is 22.4 Å². The number of aromatic nitrogens is 2. The lowest BCUT2D eigenvalue weighted by atomic mass is 10.0. The molecule has 0 atom stereocenters. The molecule has 27 heavy (non-hydrogen) atoms. The zero-order valence-corrected chi connectivity index (χ0v) is 13.9. The van der Waals surface area contributed by atoms with Crippen molar-refractivity contribution in [3.8, 4) is 16.9 Å². The summed E-state index contributed by atoms with van der Waals surface area (Å²) in [5.41, 5.74) is -0.432. The fourth-order valence-corrected chi connectivity index (χ4v) is 2.48. The van der Waals surface area contributed by atoms with Gasteiger partial charge in [-0.05, 0) is 24.3 Å². The second kappa shape index (κ2) is 7.48. The maximum Gasteiger partial charge on any atom is 0.417 e. The number of para-hydroxylation sites is 1. The molecular formula is C18H13F4N3O2. The minimum absolute atomic E-state index is 0.0689. The van der Waals surface area contributed by atoms with Gasteiger partial charge in [-0.15, -0.1) is 0 Å². The molecule has 0 radical (unpaired) electrons. The predicted molar refractivity (Wildman–Crippen MR) is 89.6 cm³/mol. The fourth-order valence-electron chi connectivity index (χ4n) is 2.48. The molecule has 3 aromatic rings. The first-order chi connectivity index (χ1) is 12.8. The summed E-state index contributed by atoms with van der Waals surface area (Å²) < 4.78 is 59.4. The molecule has 5 nitrogen and oxygen atoms in total. The number of amides is 1. The van der Waals surface area contributed by atoms with Crippen LogP contribution >= 0.6 is 0 Å². The summed E-state index contributed by atoms with van der Waals surface area (Å²) in [6, 6.07) is 8.97. The van der Waals surface area contributed by atoms with E-state index in [1.165, 1.54) is 19.2 Å². The monoisotopic (exact) mass is 379 g/mol. The molecule has 1 heterocycles. The summed E-state index contributed by atoms with van der Waals surface area (Å²) >= 11 is 0. The van der Waals surface area contributed by atoms with Gasteiger partial charge < -0.3 is 4.74 Å². The zero-order chi connectivity index (χ0) is 19.6. The number of carbonyl (C=O) groups excluding carboxylic acids is 1. The summed E-state index contributed by atoms with van der Waals surface area (Å²) in [6.07, 6.45) is -2.88. The van der Waals surface area contributed by atoms with Crippen LogP contribution < -0.4 is 10.1 Å². The maximum absolute atomic E-state index is 14.1. The van der Waals surface area contributed by atoms with Crippen molar-refractivity contribution in [2.24, 2.45) is 7.05 Å². The minimum Gasteiger partial charge on any atom is -0.406 e. The summed E-state index contributed by atoms with van der Waals surface area (Å²) in [6.45, 7) is 0. The van der Waals surface area contributed by atoms with Crippen LogP contribution in [0.5, 0.6) is 5.75 Å². The number of benzene rings is 2. The first-order valence-corrected chi connectivity index (χ1v) is 7.70. The molecule has 9 heteroatoms. The number of anilines is 1. The number of hydrogen-bond acceptors (Lipinski definition) is 3. The van der Waals surface area contributed by atoms with Gasteiger partial charge in [-0.1, -0.05) is 18.2 Å². The van der Waals surface area contributed by atoms with Crippen LogP contribution in [0.15, 0.2) is 48.7 Å². The van der Waals surface area contributed by atoms with Crippen LogP contribution in [0.1, 0.15) is 12.1 Å². The van der Waals surface area contributed by atoms with E-state index < -0.39 is 35.6 Å². The van der Waals surface area contributed by atoms with Gasteiger partial charge in [-0.2, -0.15) is 5.10 Å². The molecule has 3 rings (SSSR count). The van der Waals surface area contributed by atoms with Gasteiger partial charge in [0.25, 0.3) is 6.43 Å². The standard InChI is InChI=1S/C18H13F4N3O2/c1-25-9-15(16(24-25)17(21)22)27-18(26)23-14-5-3-2-4-11(14)12-8-10(19)6-7-13(12)20/h2-9,17H,1H3,(H,23,26). The van der Waals surface area contributed by atoms with Crippen LogP contribution in [0, 0.1) is 11.6 Å². The first kappa shape index (κ1) is 18.4. The molecule has 1 amide bonds. The number of halogens is 4. The number of rotatable bonds is 4. The molecule has 2 aromatic carbocycles. The predicted octanol–water partition coefficient (Wildman–Crippen LogP) is 4.91. The summed E-state index contributed by atoms with van der Waals surface area (Å²) in [5.74, 6) is -1.74. The Labute approximate surface area is 151 Å². The van der Waals surface area contributed by atoms with Crippen molar-refractivity contribution < 1.29 is 27.1 Å². The highest BCUT2D eigenvalue weighted by Gasteiger charge is 2.22. The smallest absolute Gasteiger partial charge is 0.406 e. The quantitative estimate of drug-likeness (QED) is 0.655. The highest BCUT2D eigenvalue weighted by Crippen LogP contribution is 2.31. The zero-order valence-electron chi connectivity index (χ0n) is 13.9. The van der Waals surface area contributed by atoms with E-state index in [9.17, 15) is 22.4 Å². The van der Waals surface area contributed by atoms with Gasteiger partial charge in [0, 0.05) is 18.2 Å². The second-order valence-corrected chi connectivity index (χ2v) is 5.54. The van der Waals surface area contributed by atoms with Crippen molar-refractivity contribution >= 4 is 11.8 Å². The average Bonchev–Trinajstić information content (AvgIpc) is 2.98. The lowest BCUT2D eigenvalue weighted by Crippen LogP contribution is -2.17. The van der Waals surface area contributed by atoms with E-state index in [4.69, 9.17) is 4.74 Å². The SMILES string of the molecule is Cn1cc(OC(=O)Nc2ccccc2-c2cc(F)ccc2F)c(C(F)F)n1. The number of ether oxygens (including phenoxy) is 1. The second-order valence-electron chi connectivity index (χ2n) is 5.54. The third-order valence-corrected chi connectivity index (χ3v) is 3.61. The van der Waals surface area contributed by atoms with E-state index in [1.54, 1.807) is 12.1 Å². The molecule has 0 saturated heterocycles. The van der Waals surface area contributed by atoms with E-state index in [0.29, 0.717) is 0 Å².